The number of hydrogen-bond donors (Lipinski definition) is 0. The Labute approximate surface area is 176 Å². The molecule has 4 rings (SSSR count). The molecule has 0 unspecified atom stereocenters. The van der Waals surface area contributed by atoms with Crippen LogP contribution in [0.2, 0.25) is 0 Å². The smallest absolute Gasteiger partial charge is 0.410 e. The molecule has 0 bridgehead atoms. The normalized spacial score (nSPS) is 17.4. The molecule has 1 aliphatic heterocycles. The fourth-order valence-corrected chi connectivity index (χ4v) is 3.73. The molecule has 1 saturated heterocycles. The number of pyridine rings is 1. The zero-order chi connectivity index (χ0) is 21.5. The van der Waals surface area contributed by atoms with Crippen molar-refractivity contribution < 1.29 is 13.9 Å². The summed E-state index contributed by atoms with van der Waals surface area (Å²) in [5, 5.41) is 0. The van der Waals surface area contributed by atoms with Gasteiger partial charge in [0, 0.05) is 37.4 Å². The van der Waals surface area contributed by atoms with Crippen LogP contribution in [0.3, 0.4) is 0 Å². The molecule has 1 fully saturated rings. The zero-order valence-electron chi connectivity index (χ0n) is 18.2. The first-order chi connectivity index (χ1) is 14.2. The summed E-state index contributed by atoms with van der Waals surface area (Å²) in [5.74, 6) is 0. The molecule has 7 heteroatoms. The van der Waals surface area contributed by atoms with E-state index in [1.165, 1.54) is 0 Å². The van der Waals surface area contributed by atoms with Gasteiger partial charge in [0.25, 0.3) is 6.01 Å². The Bertz CT molecular complexity index is 1060. The van der Waals surface area contributed by atoms with Gasteiger partial charge in [-0.3, -0.25) is 4.98 Å². The van der Waals surface area contributed by atoms with Crippen LogP contribution in [0.5, 0.6) is 0 Å². The van der Waals surface area contributed by atoms with Crippen molar-refractivity contribution in [2.75, 3.05) is 24.5 Å². The average Bonchev–Trinajstić information content (AvgIpc) is 3.10. The summed E-state index contributed by atoms with van der Waals surface area (Å²) in [6.07, 6.45) is 1.50. The number of carbonyl (C=O) groups excluding carboxylic acids is 1. The van der Waals surface area contributed by atoms with Crippen LogP contribution in [0.4, 0.5) is 10.8 Å². The van der Waals surface area contributed by atoms with Crippen molar-refractivity contribution in [3.8, 4) is 11.3 Å². The van der Waals surface area contributed by atoms with Crippen molar-refractivity contribution in [2.24, 2.45) is 0 Å². The van der Waals surface area contributed by atoms with Crippen LogP contribution in [0.15, 0.2) is 40.9 Å². The molecule has 0 N–H and O–H groups in total. The van der Waals surface area contributed by atoms with E-state index in [4.69, 9.17) is 14.1 Å². The maximum Gasteiger partial charge on any atom is 0.410 e. The summed E-state index contributed by atoms with van der Waals surface area (Å²) < 4.78 is 11.7. The molecule has 30 heavy (non-hydrogen) atoms. The second kappa shape index (κ2) is 7.63. The van der Waals surface area contributed by atoms with Crippen molar-refractivity contribution in [1.82, 2.24) is 14.9 Å². The summed E-state index contributed by atoms with van der Waals surface area (Å²) in [6.45, 7) is 11.5. The molecule has 158 valence electrons. The fourth-order valence-electron chi connectivity index (χ4n) is 3.73. The number of carbonyl (C=O) groups is 1. The summed E-state index contributed by atoms with van der Waals surface area (Å²) in [4.78, 5) is 25.5. The van der Waals surface area contributed by atoms with Gasteiger partial charge in [-0.15, -0.1) is 0 Å². The highest BCUT2D eigenvalue weighted by molar-refractivity contribution is 5.90. The van der Waals surface area contributed by atoms with Crippen LogP contribution >= 0.6 is 0 Å². The largest absolute Gasteiger partial charge is 0.444 e. The number of ether oxygens (including phenoxy) is 1. The third kappa shape index (κ3) is 4.10. The van der Waals surface area contributed by atoms with Gasteiger partial charge in [0.05, 0.1) is 5.69 Å². The maximum absolute atomic E-state index is 12.4. The van der Waals surface area contributed by atoms with Crippen molar-refractivity contribution >= 4 is 23.2 Å². The molecule has 1 aromatic carbocycles. The van der Waals surface area contributed by atoms with E-state index in [-0.39, 0.29) is 12.1 Å². The van der Waals surface area contributed by atoms with Crippen LogP contribution in [0.25, 0.3) is 22.4 Å². The number of aromatic nitrogens is 2. The monoisotopic (exact) mass is 408 g/mol. The molecular weight excluding hydrogens is 380 g/mol. The van der Waals surface area contributed by atoms with E-state index in [0.717, 1.165) is 27.9 Å². The highest BCUT2D eigenvalue weighted by Gasteiger charge is 2.32. The molecule has 0 aliphatic carbocycles. The number of fused-ring (bicyclic) bond motifs is 1. The minimum atomic E-state index is -0.502. The van der Waals surface area contributed by atoms with E-state index in [9.17, 15) is 4.79 Å². The van der Waals surface area contributed by atoms with Gasteiger partial charge in [-0.25, -0.2) is 4.79 Å². The van der Waals surface area contributed by atoms with Crippen molar-refractivity contribution in [2.45, 2.75) is 46.3 Å². The predicted octanol–water partition coefficient (Wildman–Crippen LogP) is 4.64. The lowest BCUT2D eigenvalue weighted by Crippen LogP contribution is -2.54. The molecular formula is C23H28N4O3. The molecule has 3 heterocycles. The van der Waals surface area contributed by atoms with Crippen LogP contribution in [0.1, 0.15) is 33.3 Å². The highest BCUT2D eigenvalue weighted by Crippen LogP contribution is 2.33. The van der Waals surface area contributed by atoms with E-state index in [0.29, 0.717) is 25.6 Å². The lowest BCUT2D eigenvalue weighted by Gasteiger charge is -2.39. The Kier molecular flexibility index (Phi) is 5.13. The van der Waals surface area contributed by atoms with Crippen LogP contribution < -0.4 is 4.90 Å². The molecule has 0 spiro atoms. The van der Waals surface area contributed by atoms with Gasteiger partial charge < -0.3 is 19.0 Å². The van der Waals surface area contributed by atoms with E-state index < -0.39 is 5.60 Å². The zero-order valence-corrected chi connectivity index (χ0v) is 18.2. The Morgan fingerprint density at radius 2 is 2.03 bits per heavy atom. The number of anilines is 1. The first-order valence-corrected chi connectivity index (χ1v) is 10.3. The van der Waals surface area contributed by atoms with E-state index in [1.807, 2.05) is 52.0 Å². The van der Waals surface area contributed by atoms with E-state index >= 15 is 0 Å². The lowest BCUT2D eigenvalue weighted by molar-refractivity contribution is 0.0216. The number of nitrogens with zero attached hydrogens (tertiary/aromatic N) is 4. The molecule has 1 amide bonds. The van der Waals surface area contributed by atoms with Gasteiger partial charge in [-0.2, -0.15) is 4.98 Å². The third-order valence-corrected chi connectivity index (χ3v) is 5.09. The van der Waals surface area contributed by atoms with Gasteiger partial charge in [0.15, 0.2) is 5.58 Å². The minimum Gasteiger partial charge on any atom is -0.444 e. The number of piperazine rings is 1. The molecule has 0 saturated carbocycles. The molecule has 1 atom stereocenters. The molecule has 1 aliphatic rings. The van der Waals surface area contributed by atoms with Crippen molar-refractivity contribution in [3.05, 3.63) is 42.1 Å². The number of rotatable bonds is 2. The average molecular weight is 409 g/mol. The highest BCUT2D eigenvalue weighted by atomic mass is 16.6. The summed E-state index contributed by atoms with van der Waals surface area (Å²) in [6, 6.07) is 10.6. The van der Waals surface area contributed by atoms with Crippen LogP contribution in [-0.4, -0.2) is 52.2 Å². The number of hydrogen-bond acceptors (Lipinski definition) is 6. The maximum atomic E-state index is 12.4. The molecule has 0 radical (unpaired) electrons. The summed E-state index contributed by atoms with van der Waals surface area (Å²) in [7, 11) is 0. The van der Waals surface area contributed by atoms with Crippen LogP contribution in [0, 0.1) is 6.92 Å². The Morgan fingerprint density at radius 3 is 2.70 bits per heavy atom. The standard InChI is InChI=1S/C23H28N4O3/c1-15-12-17(18-8-6-7-9-24-18)20-19(13-15)25-21(29-20)27-11-10-26(14-16(27)2)22(28)30-23(3,4)5/h6-9,12-13,16H,10-11,14H2,1-5H3/t16-/m0/s1. The van der Waals surface area contributed by atoms with Gasteiger partial charge >= 0.3 is 6.09 Å². The van der Waals surface area contributed by atoms with Gasteiger partial charge in [-0.05, 0) is 64.4 Å². The van der Waals surface area contributed by atoms with Crippen LogP contribution in [-0.2, 0) is 4.74 Å². The second-order valence-electron chi connectivity index (χ2n) is 8.84. The Morgan fingerprint density at radius 1 is 1.23 bits per heavy atom. The molecule has 2 aromatic heterocycles. The minimum absolute atomic E-state index is 0.0544. The summed E-state index contributed by atoms with van der Waals surface area (Å²) >= 11 is 0. The quantitative estimate of drug-likeness (QED) is 0.615. The van der Waals surface area contributed by atoms with Gasteiger partial charge in [0.2, 0.25) is 0 Å². The number of benzene rings is 1. The number of aryl methyl sites for hydroxylation is 1. The number of amides is 1. The molecule has 3 aromatic rings. The topological polar surface area (TPSA) is 71.7 Å². The predicted molar refractivity (Wildman–Crippen MR) is 117 cm³/mol. The first-order valence-electron chi connectivity index (χ1n) is 10.3. The van der Waals surface area contributed by atoms with Crippen molar-refractivity contribution in [1.29, 1.82) is 0 Å². The van der Waals surface area contributed by atoms with Crippen molar-refractivity contribution in [3.63, 3.8) is 0 Å². The lowest BCUT2D eigenvalue weighted by atomic mass is 10.1. The van der Waals surface area contributed by atoms with E-state index in [1.54, 1.807) is 11.1 Å². The second-order valence-corrected chi connectivity index (χ2v) is 8.84. The number of oxazole rings is 1. The van der Waals surface area contributed by atoms with E-state index in [2.05, 4.69) is 22.9 Å². The first kappa shape index (κ1) is 20.2. The molecule has 7 nitrogen and oxygen atoms in total. The Balaban J connectivity index is 1.60. The van der Waals surface area contributed by atoms with Gasteiger partial charge in [-0.1, -0.05) is 6.07 Å². The van der Waals surface area contributed by atoms with Gasteiger partial charge in [0.1, 0.15) is 11.1 Å². The summed E-state index contributed by atoms with van der Waals surface area (Å²) in [5.41, 5.74) is 3.94. The SMILES string of the molecule is Cc1cc(-c2ccccn2)c2oc(N3CCN(C(=O)OC(C)(C)C)C[C@@H]3C)nc2c1. The Hall–Kier alpha value is -3.09. The third-order valence-electron chi connectivity index (χ3n) is 5.09. The fraction of sp³-hybridized carbons (Fsp3) is 0.435.